The van der Waals surface area contributed by atoms with Crippen LogP contribution in [0.1, 0.15) is 40.0 Å². The second-order valence-corrected chi connectivity index (χ2v) is 6.23. The molecule has 0 spiro atoms. The lowest BCUT2D eigenvalue weighted by molar-refractivity contribution is 0.0882. The average Bonchev–Trinajstić information content (AvgIpc) is 3.09. The zero-order chi connectivity index (χ0) is 13.1. The summed E-state index contributed by atoms with van der Waals surface area (Å²) in [5.41, 5.74) is -0.0833. The monoisotopic (exact) mass is 242 g/mol. The number of nitrogens with zero attached hydrogens (tertiary/aromatic N) is 1. The Balaban J connectivity index is 2.54. The highest BCUT2D eigenvalue weighted by molar-refractivity contribution is 5.02. The van der Waals surface area contributed by atoms with Gasteiger partial charge in [-0.05, 0) is 52.1 Å². The molecule has 3 nitrogen and oxygen atoms in total. The van der Waals surface area contributed by atoms with Crippen molar-refractivity contribution in [1.82, 2.24) is 10.2 Å². The Morgan fingerprint density at radius 1 is 1.35 bits per heavy atom. The van der Waals surface area contributed by atoms with Crippen molar-refractivity contribution in [2.24, 2.45) is 11.8 Å². The second-order valence-electron chi connectivity index (χ2n) is 6.23. The minimum Gasteiger partial charge on any atom is -0.394 e. The molecule has 1 rings (SSSR count). The number of hydrogen-bond acceptors (Lipinski definition) is 3. The second kappa shape index (κ2) is 6.17. The standard InChI is InChI=1S/C14H30N2O/c1-11(2)8-12(3)16(5)9-14(10-17,15-4)13-6-7-13/h11-13,15,17H,6-10H2,1-5H3. The first-order valence-electron chi connectivity index (χ1n) is 6.95. The number of nitrogens with one attached hydrogen (secondary N) is 1. The lowest BCUT2D eigenvalue weighted by atomic mass is 9.92. The van der Waals surface area contributed by atoms with E-state index in [0.29, 0.717) is 12.0 Å². The van der Waals surface area contributed by atoms with Crippen molar-refractivity contribution < 1.29 is 5.11 Å². The van der Waals surface area contributed by atoms with Crippen LogP contribution in [0.25, 0.3) is 0 Å². The Morgan fingerprint density at radius 3 is 2.29 bits per heavy atom. The number of aliphatic hydroxyl groups excluding tert-OH is 1. The van der Waals surface area contributed by atoms with Crippen molar-refractivity contribution >= 4 is 0 Å². The molecule has 0 aromatic rings. The molecule has 1 aliphatic carbocycles. The first kappa shape index (κ1) is 14.9. The van der Waals surface area contributed by atoms with E-state index in [9.17, 15) is 5.11 Å². The van der Waals surface area contributed by atoms with E-state index in [-0.39, 0.29) is 12.1 Å². The molecule has 2 N–H and O–H groups in total. The van der Waals surface area contributed by atoms with Crippen LogP contribution in [0.15, 0.2) is 0 Å². The summed E-state index contributed by atoms with van der Waals surface area (Å²) in [6.45, 7) is 8.00. The van der Waals surface area contributed by atoms with E-state index in [0.717, 1.165) is 12.5 Å². The van der Waals surface area contributed by atoms with Gasteiger partial charge in [0.2, 0.25) is 0 Å². The highest BCUT2D eigenvalue weighted by atomic mass is 16.3. The Morgan fingerprint density at radius 2 is 1.94 bits per heavy atom. The van der Waals surface area contributed by atoms with E-state index in [1.54, 1.807) is 0 Å². The highest BCUT2D eigenvalue weighted by Crippen LogP contribution is 2.40. The summed E-state index contributed by atoms with van der Waals surface area (Å²) in [5, 5.41) is 13.1. The molecule has 0 aromatic carbocycles. The van der Waals surface area contributed by atoms with Crippen molar-refractivity contribution in [3.8, 4) is 0 Å². The summed E-state index contributed by atoms with van der Waals surface area (Å²) < 4.78 is 0. The predicted molar refractivity (Wildman–Crippen MR) is 73.1 cm³/mol. The van der Waals surface area contributed by atoms with Crippen LogP contribution in [0.4, 0.5) is 0 Å². The number of aliphatic hydroxyl groups is 1. The molecule has 0 aliphatic heterocycles. The van der Waals surface area contributed by atoms with E-state index in [2.05, 4.69) is 38.0 Å². The summed E-state index contributed by atoms with van der Waals surface area (Å²) in [6, 6.07) is 0.577. The van der Waals surface area contributed by atoms with Crippen LogP contribution in [0, 0.1) is 11.8 Å². The first-order valence-corrected chi connectivity index (χ1v) is 6.95. The van der Waals surface area contributed by atoms with Crippen molar-refractivity contribution in [3.63, 3.8) is 0 Å². The van der Waals surface area contributed by atoms with Gasteiger partial charge in [0.05, 0.1) is 12.1 Å². The fraction of sp³-hybridized carbons (Fsp3) is 1.00. The largest absolute Gasteiger partial charge is 0.394 e. The molecule has 1 fully saturated rings. The number of likely N-dealkylation sites (N-methyl/N-ethyl adjacent to an activating group) is 2. The van der Waals surface area contributed by atoms with Crippen LogP contribution < -0.4 is 5.32 Å². The van der Waals surface area contributed by atoms with E-state index in [1.165, 1.54) is 19.3 Å². The Labute approximate surface area is 107 Å². The van der Waals surface area contributed by atoms with Crippen LogP contribution in [0.5, 0.6) is 0 Å². The molecule has 2 unspecified atom stereocenters. The molecule has 0 radical (unpaired) electrons. The van der Waals surface area contributed by atoms with E-state index >= 15 is 0 Å². The minimum absolute atomic E-state index is 0.0833. The average molecular weight is 242 g/mol. The van der Waals surface area contributed by atoms with Crippen LogP contribution >= 0.6 is 0 Å². The first-order chi connectivity index (χ1) is 7.95. The highest BCUT2D eigenvalue weighted by Gasteiger charge is 2.44. The van der Waals surface area contributed by atoms with E-state index in [1.807, 2.05) is 7.05 Å². The Bertz CT molecular complexity index is 222. The number of rotatable bonds is 8. The van der Waals surface area contributed by atoms with Gasteiger partial charge in [-0.1, -0.05) is 13.8 Å². The van der Waals surface area contributed by atoms with E-state index < -0.39 is 0 Å². The summed E-state index contributed by atoms with van der Waals surface area (Å²) in [6.07, 6.45) is 3.73. The van der Waals surface area contributed by atoms with Gasteiger partial charge in [0.15, 0.2) is 0 Å². The molecular weight excluding hydrogens is 212 g/mol. The predicted octanol–water partition coefficient (Wildman–Crippen LogP) is 1.71. The molecule has 0 saturated heterocycles. The van der Waals surface area contributed by atoms with Gasteiger partial charge in [0.25, 0.3) is 0 Å². The fourth-order valence-electron chi connectivity index (χ4n) is 2.77. The van der Waals surface area contributed by atoms with Gasteiger partial charge in [0, 0.05) is 12.6 Å². The van der Waals surface area contributed by atoms with Gasteiger partial charge >= 0.3 is 0 Å². The van der Waals surface area contributed by atoms with Gasteiger partial charge in [-0.15, -0.1) is 0 Å². The summed E-state index contributed by atoms with van der Waals surface area (Å²) in [5.74, 6) is 1.39. The molecule has 1 aliphatic rings. The number of hydrogen-bond donors (Lipinski definition) is 2. The van der Waals surface area contributed by atoms with Crippen LogP contribution in [-0.4, -0.2) is 48.8 Å². The summed E-state index contributed by atoms with van der Waals surface area (Å²) in [4.78, 5) is 2.39. The van der Waals surface area contributed by atoms with E-state index in [4.69, 9.17) is 0 Å². The molecule has 3 heteroatoms. The third-order valence-corrected chi connectivity index (χ3v) is 4.24. The zero-order valence-corrected chi connectivity index (χ0v) is 12.2. The van der Waals surface area contributed by atoms with Crippen molar-refractivity contribution in [2.75, 3.05) is 27.2 Å². The lowest BCUT2D eigenvalue weighted by Crippen LogP contribution is -2.57. The fourth-order valence-corrected chi connectivity index (χ4v) is 2.77. The minimum atomic E-state index is -0.0833. The molecule has 0 heterocycles. The van der Waals surface area contributed by atoms with Crippen molar-refractivity contribution in [3.05, 3.63) is 0 Å². The molecule has 2 atom stereocenters. The molecule has 1 saturated carbocycles. The molecule has 0 bridgehead atoms. The lowest BCUT2D eigenvalue weighted by Gasteiger charge is -2.38. The van der Waals surface area contributed by atoms with Crippen LogP contribution in [-0.2, 0) is 0 Å². The molecule has 0 aromatic heterocycles. The summed E-state index contributed by atoms with van der Waals surface area (Å²) >= 11 is 0. The smallest absolute Gasteiger partial charge is 0.0628 e. The maximum Gasteiger partial charge on any atom is 0.0628 e. The quantitative estimate of drug-likeness (QED) is 0.680. The van der Waals surface area contributed by atoms with Gasteiger partial charge in [-0.25, -0.2) is 0 Å². The van der Waals surface area contributed by atoms with Crippen molar-refractivity contribution in [1.29, 1.82) is 0 Å². The van der Waals surface area contributed by atoms with Crippen molar-refractivity contribution in [2.45, 2.75) is 51.6 Å². The maximum absolute atomic E-state index is 9.71. The maximum atomic E-state index is 9.71. The summed E-state index contributed by atoms with van der Waals surface area (Å²) in [7, 11) is 4.16. The zero-order valence-electron chi connectivity index (χ0n) is 12.2. The van der Waals surface area contributed by atoms with Gasteiger partial charge < -0.3 is 15.3 Å². The van der Waals surface area contributed by atoms with Crippen LogP contribution in [0.3, 0.4) is 0 Å². The normalized spacial score (nSPS) is 21.9. The Hall–Kier alpha value is -0.120. The molecular formula is C14H30N2O. The topological polar surface area (TPSA) is 35.5 Å². The van der Waals surface area contributed by atoms with Gasteiger partial charge in [-0.3, -0.25) is 0 Å². The van der Waals surface area contributed by atoms with Crippen LogP contribution in [0.2, 0.25) is 0 Å². The molecule has 0 amide bonds. The van der Waals surface area contributed by atoms with Gasteiger partial charge in [0.1, 0.15) is 0 Å². The van der Waals surface area contributed by atoms with Gasteiger partial charge in [-0.2, -0.15) is 0 Å². The third-order valence-electron chi connectivity index (χ3n) is 4.24. The molecule has 17 heavy (non-hydrogen) atoms. The Kier molecular flexibility index (Phi) is 5.42. The molecule has 102 valence electrons. The third kappa shape index (κ3) is 3.94. The SMILES string of the molecule is CNC(CO)(CN(C)C(C)CC(C)C)C1CC1.